The molecular formula is C5H8N2O2. The summed E-state index contributed by atoms with van der Waals surface area (Å²) >= 11 is 0. The molecule has 0 saturated carbocycles. The van der Waals surface area contributed by atoms with E-state index in [1.807, 2.05) is 0 Å². The first-order valence-electron chi connectivity index (χ1n) is 2.73. The third-order valence-electron chi connectivity index (χ3n) is 0.989. The fourth-order valence-electron chi connectivity index (χ4n) is 0.610. The first kappa shape index (κ1) is 6.07. The number of hydrazone groups is 1. The van der Waals surface area contributed by atoms with Crippen LogP contribution in [0.4, 0.5) is 0 Å². The SMILES string of the molecule is CC1=NNC(CC=O)O1. The molecule has 4 heteroatoms. The van der Waals surface area contributed by atoms with Crippen LogP contribution in [0.3, 0.4) is 0 Å². The van der Waals surface area contributed by atoms with E-state index in [2.05, 4.69) is 10.5 Å². The van der Waals surface area contributed by atoms with Crippen LogP contribution < -0.4 is 5.43 Å². The molecule has 1 heterocycles. The smallest absolute Gasteiger partial charge is 0.204 e. The Labute approximate surface area is 52.9 Å². The zero-order chi connectivity index (χ0) is 6.69. The Morgan fingerprint density at radius 3 is 3.22 bits per heavy atom. The number of nitrogens with one attached hydrogen (secondary N) is 1. The van der Waals surface area contributed by atoms with Gasteiger partial charge in [-0.25, -0.2) is 0 Å². The lowest BCUT2D eigenvalue weighted by molar-refractivity contribution is -0.109. The number of carbonyl (C=O) groups is 1. The van der Waals surface area contributed by atoms with Crippen LogP contribution in [0.25, 0.3) is 0 Å². The summed E-state index contributed by atoms with van der Waals surface area (Å²) in [7, 11) is 0. The molecule has 0 spiro atoms. The van der Waals surface area contributed by atoms with E-state index >= 15 is 0 Å². The highest BCUT2D eigenvalue weighted by Crippen LogP contribution is 1.99. The summed E-state index contributed by atoms with van der Waals surface area (Å²) in [6, 6.07) is 0. The van der Waals surface area contributed by atoms with Gasteiger partial charge in [-0.1, -0.05) is 0 Å². The third-order valence-corrected chi connectivity index (χ3v) is 0.989. The summed E-state index contributed by atoms with van der Waals surface area (Å²) in [6.07, 6.45) is 0.912. The van der Waals surface area contributed by atoms with Gasteiger partial charge in [0.2, 0.25) is 5.90 Å². The van der Waals surface area contributed by atoms with Crippen LogP contribution in [0.15, 0.2) is 5.10 Å². The Hall–Kier alpha value is -1.06. The van der Waals surface area contributed by atoms with Gasteiger partial charge in [0.05, 0.1) is 6.42 Å². The number of carbonyl (C=O) groups excluding carboxylic acids is 1. The van der Waals surface area contributed by atoms with Gasteiger partial charge in [-0.3, -0.25) is 5.43 Å². The quantitative estimate of drug-likeness (QED) is 0.526. The maximum absolute atomic E-state index is 9.90. The maximum atomic E-state index is 9.90. The van der Waals surface area contributed by atoms with E-state index in [1.165, 1.54) is 0 Å². The van der Waals surface area contributed by atoms with E-state index in [0.717, 1.165) is 6.29 Å². The molecule has 0 radical (unpaired) electrons. The lowest BCUT2D eigenvalue weighted by atomic mass is 10.4. The number of nitrogens with zero attached hydrogens (tertiary/aromatic N) is 1. The molecule has 1 unspecified atom stereocenters. The van der Waals surface area contributed by atoms with Gasteiger partial charge in [0.15, 0.2) is 6.23 Å². The first-order valence-corrected chi connectivity index (χ1v) is 2.73. The van der Waals surface area contributed by atoms with Gasteiger partial charge in [-0.15, -0.1) is 5.10 Å². The Kier molecular flexibility index (Phi) is 1.67. The Balaban J connectivity index is 2.28. The van der Waals surface area contributed by atoms with Gasteiger partial charge < -0.3 is 9.53 Å². The highest BCUT2D eigenvalue weighted by Gasteiger charge is 2.13. The largest absolute Gasteiger partial charge is 0.454 e. The van der Waals surface area contributed by atoms with Crippen molar-refractivity contribution in [2.45, 2.75) is 19.6 Å². The van der Waals surface area contributed by atoms with Crippen molar-refractivity contribution in [1.82, 2.24) is 5.43 Å². The first-order chi connectivity index (χ1) is 4.33. The summed E-state index contributed by atoms with van der Waals surface area (Å²) in [6.45, 7) is 1.73. The molecule has 0 aliphatic carbocycles. The molecule has 1 aliphatic heterocycles. The molecular weight excluding hydrogens is 120 g/mol. The Bertz CT molecular complexity index is 144. The van der Waals surface area contributed by atoms with Crippen LogP contribution in [0.5, 0.6) is 0 Å². The van der Waals surface area contributed by atoms with Gasteiger partial charge in [0, 0.05) is 6.92 Å². The number of hydrogen-bond donors (Lipinski definition) is 1. The van der Waals surface area contributed by atoms with Gasteiger partial charge in [0.25, 0.3) is 0 Å². The second kappa shape index (κ2) is 2.48. The predicted molar refractivity (Wildman–Crippen MR) is 31.8 cm³/mol. The van der Waals surface area contributed by atoms with Gasteiger partial charge in [0.1, 0.15) is 6.29 Å². The molecule has 0 aromatic carbocycles. The van der Waals surface area contributed by atoms with Crippen molar-refractivity contribution in [1.29, 1.82) is 0 Å². The van der Waals surface area contributed by atoms with Crippen molar-refractivity contribution in [2.75, 3.05) is 0 Å². The van der Waals surface area contributed by atoms with E-state index < -0.39 is 0 Å². The molecule has 1 N–H and O–H groups in total. The number of rotatable bonds is 2. The molecule has 1 atom stereocenters. The molecule has 0 aromatic heterocycles. The normalized spacial score (nSPS) is 24.1. The molecule has 0 amide bonds. The fraction of sp³-hybridized carbons (Fsp3) is 0.600. The Morgan fingerprint density at radius 1 is 2.00 bits per heavy atom. The van der Waals surface area contributed by atoms with Crippen molar-refractivity contribution in [3.8, 4) is 0 Å². The monoisotopic (exact) mass is 128 g/mol. The van der Waals surface area contributed by atoms with Crippen LogP contribution in [-0.2, 0) is 9.53 Å². The zero-order valence-electron chi connectivity index (χ0n) is 5.13. The minimum Gasteiger partial charge on any atom is -0.454 e. The molecule has 0 saturated heterocycles. The molecule has 50 valence electrons. The minimum absolute atomic E-state index is 0.234. The summed E-state index contributed by atoms with van der Waals surface area (Å²) < 4.78 is 5.01. The van der Waals surface area contributed by atoms with Crippen molar-refractivity contribution in [2.24, 2.45) is 5.10 Å². The van der Waals surface area contributed by atoms with Crippen molar-refractivity contribution in [3.05, 3.63) is 0 Å². The molecule has 0 fully saturated rings. The van der Waals surface area contributed by atoms with Crippen molar-refractivity contribution in [3.63, 3.8) is 0 Å². The second-order valence-electron chi connectivity index (χ2n) is 1.77. The van der Waals surface area contributed by atoms with E-state index in [1.54, 1.807) is 6.92 Å². The highest BCUT2D eigenvalue weighted by molar-refractivity contribution is 5.74. The van der Waals surface area contributed by atoms with Crippen molar-refractivity contribution < 1.29 is 9.53 Å². The van der Waals surface area contributed by atoms with Crippen LogP contribution >= 0.6 is 0 Å². The average molecular weight is 128 g/mol. The predicted octanol–water partition coefficient (Wildman–Crippen LogP) is -0.145. The number of hydrogen-bond acceptors (Lipinski definition) is 4. The topological polar surface area (TPSA) is 50.7 Å². The summed E-state index contributed by atoms with van der Waals surface area (Å²) in [5, 5.41) is 3.72. The zero-order valence-corrected chi connectivity index (χ0v) is 5.13. The van der Waals surface area contributed by atoms with Crippen LogP contribution in [0, 0.1) is 0 Å². The molecule has 0 bridgehead atoms. The maximum Gasteiger partial charge on any atom is 0.204 e. The van der Waals surface area contributed by atoms with Gasteiger partial charge in [-0.05, 0) is 0 Å². The van der Waals surface area contributed by atoms with Crippen LogP contribution in [0.1, 0.15) is 13.3 Å². The molecule has 1 aliphatic rings. The van der Waals surface area contributed by atoms with E-state index in [0.29, 0.717) is 12.3 Å². The van der Waals surface area contributed by atoms with Crippen molar-refractivity contribution >= 4 is 12.2 Å². The average Bonchev–Trinajstić information content (AvgIpc) is 2.17. The van der Waals surface area contributed by atoms with E-state index in [4.69, 9.17) is 4.74 Å². The highest BCUT2D eigenvalue weighted by atomic mass is 16.5. The van der Waals surface area contributed by atoms with E-state index in [9.17, 15) is 4.79 Å². The van der Waals surface area contributed by atoms with Gasteiger partial charge >= 0.3 is 0 Å². The summed E-state index contributed by atoms with van der Waals surface area (Å²) in [4.78, 5) is 9.90. The van der Waals surface area contributed by atoms with E-state index in [-0.39, 0.29) is 6.23 Å². The fourth-order valence-corrected chi connectivity index (χ4v) is 0.610. The molecule has 0 aromatic rings. The number of ether oxygens (including phenoxy) is 1. The summed E-state index contributed by atoms with van der Waals surface area (Å²) in [5.41, 5.74) is 2.64. The third kappa shape index (κ3) is 1.42. The van der Waals surface area contributed by atoms with Crippen LogP contribution in [0.2, 0.25) is 0 Å². The molecule has 9 heavy (non-hydrogen) atoms. The standard InChI is InChI=1S/C5H8N2O2/c1-4-6-7-5(9-4)2-3-8/h3,5,7H,2H2,1H3. The second-order valence-corrected chi connectivity index (χ2v) is 1.77. The number of aldehydes is 1. The minimum atomic E-state index is -0.234. The summed E-state index contributed by atoms with van der Waals surface area (Å²) in [5.74, 6) is 0.585. The molecule has 1 rings (SSSR count). The lowest BCUT2D eigenvalue weighted by Gasteiger charge is -2.03. The van der Waals surface area contributed by atoms with Gasteiger partial charge in [-0.2, -0.15) is 0 Å². The van der Waals surface area contributed by atoms with Crippen LogP contribution in [-0.4, -0.2) is 18.4 Å². The lowest BCUT2D eigenvalue weighted by Crippen LogP contribution is -2.21. The Morgan fingerprint density at radius 2 is 2.78 bits per heavy atom. The molecule has 4 nitrogen and oxygen atoms in total.